The van der Waals surface area contributed by atoms with Crippen LogP contribution in [0.15, 0.2) is 23.2 Å². The normalized spacial score (nSPS) is 14.0. The first-order valence-electron chi connectivity index (χ1n) is 3.69. The molecule has 0 fully saturated rings. The molecule has 1 aromatic rings. The summed E-state index contributed by atoms with van der Waals surface area (Å²) in [5.74, 6) is 0.327. The van der Waals surface area contributed by atoms with Crippen molar-refractivity contribution in [3.8, 4) is 0 Å². The molecular formula is C9H8FNO. The number of benzene rings is 1. The fourth-order valence-electron chi connectivity index (χ4n) is 1.33. The molecule has 0 aliphatic carbocycles. The van der Waals surface area contributed by atoms with Crippen molar-refractivity contribution >= 4 is 5.90 Å². The van der Waals surface area contributed by atoms with Gasteiger partial charge < -0.3 is 4.74 Å². The van der Waals surface area contributed by atoms with Gasteiger partial charge in [-0.2, -0.15) is 0 Å². The third-order valence-corrected chi connectivity index (χ3v) is 1.92. The van der Waals surface area contributed by atoms with Crippen LogP contribution in [0.5, 0.6) is 0 Å². The van der Waals surface area contributed by atoms with Gasteiger partial charge in [0.15, 0.2) is 0 Å². The van der Waals surface area contributed by atoms with Gasteiger partial charge in [-0.25, -0.2) is 9.38 Å². The summed E-state index contributed by atoms with van der Waals surface area (Å²) in [6.07, 6.45) is 0. The number of methoxy groups -OCH3 is 1. The monoisotopic (exact) mass is 165 g/mol. The average Bonchev–Trinajstić information content (AvgIpc) is 2.49. The summed E-state index contributed by atoms with van der Waals surface area (Å²) in [5, 5.41) is 0. The maximum atomic E-state index is 13.1. The molecule has 1 aromatic carbocycles. The highest BCUT2D eigenvalue weighted by Crippen LogP contribution is 2.21. The van der Waals surface area contributed by atoms with E-state index in [2.05, 4.69) is 4.99 Å². The predicted molar refractivity (Wildman–Crippen MR) is 43.7 cm³/mol. The van der Waals surface area contributed by atoms with Crippen LogP contribution in [0, 0.1) is 5.82 Å². The van der Waals surface area contributed by atoms with Crippen molar-refractivity contribution in [2.75, 3.05) is 7.11 Å². The van der Waals surface area contributed by atoms with Crippen LogP contribution in [0.4, 0.5) is 4.39 Å². The summed E-state index contributed by atoms with van der Waals surface area (Å²) in [4.78, 5) is 4.04. The van der Waals surface area contributed by atoms with Crippen LogP contribution < -0.4 is 0 Å². The third kappa shape index (κ3) is 0.897. The van der Waals surface area contributed by atoms with E-state index in [1.807, 2.05) is 6.07 Å². The number of aliphatic imine (C=N–C) groups is 1. The largest absolute Gasteiger partial charge is 0.481 e. The van der Waals surface area contributed by atoms with E-state index in [1.54, 1.807) is 13.2 Å². The number of nitrogens with zero attached hydrogens (tertiary/aromatic N) is 1. The fourth-order valence-corrected chi connectivity index (χ4v) is 1.33. The minimum atomic E-state index is -0.205. The van der Waals surface area contributed by atoms with Gasteiger partial charge in [0.05, 0.1) is 13.7 Å². The molecule has 1 aliphatic heterocycles. The Balaban J connectivity index is 2.53. The van der Waals surface area contributed by atoms with E-state index in [-0.39, 0.29) is 5.82 Å². The number of fused-ring (bicyclic) bond motifs is 1. The summed E-state index contributed by atoms with van der Waals surface area (Å²) in [7, 11) is 1.54. The van der Waals surface area contributed by atoms with E-state index in [0.717, 1.165) is 5.56 Å². The number of rotatable bonds is 0. The van der Waals surface area contributed by atoms with Crippen LogP contribution in [-0.4, -0.2) is 13.0 Å². The molecule has 12 heavy (non-hydrogen) atoms. The van der Waals surface area contributed by atoms with Crippen molar-refractivity contribution in [1.82, 2.24) is 0 Å². The summed E-state index contributed by atoms with van der Waals surface area (Å²) in [6.45, 7) is 0.394. The molecule has 0 saturated heterocycles. The first kappa shape index (κ1) is 7.28. The molecule has 0 amide bonds. The van der Waals surface area contributed by atoms with Crippen molar-refractivity contribution in [2.24, 2.45) is 4.99 Å². The van der Waals surface area contributed by atoms with Crippen LogP contribution in [0.2, 0.25) is 0 Å². The van der Waals surface area contributed by atoms with Crippen LogP contribution in [-0.2, 0) is 11.3 Å². The van der Waals surface area contributed by atoms with Gasteiger partial charge in [0, 0.05) is 11.1 Å². The molecule has 0 bridgehead atoms. The van der Waals surface area contributed by atoms with Gasteiger partial charge in [-0.15, -0.1) is 0 Å². The smallest absolute Gasteiger partial charge is 0.216 e. The van der Waals surface area contributed by atoms with Gasteiger partial charge in [-0.3, -0.25) is 0 Å². The second-order valence-electron chi connectivity index (χ2n) is 2.59. The molecule has 2 rings (SSSR count). The van der Waals surface area contributed by atoms with Gasteiger partial charge >= 0.3 is 0 Å². The highest BCUT2D eigenvalue weighted by Gasteiger charge is 2.18. The molecule has 3 heteroatoms. The Morgan fingerprint density at radius 1 is 1.50 bits per heavy atom. The Labute approximate surface area is 69.7 Å². The van der Waals surface area contributed by atoms with Crippen LogP contribution >= 0.6 is 0 Å². The zero-order valence-corrected chi connectivity index (χ0v) is 6.67. The number of halogens is 1. The second kappa shape index (κ2) is 2.59. The first-order valence-corrected chi connectivity index (χ1v) is 3.69. The van der Waals surface area contributed by atoms with Crippen molar-refractivity contribution in [2.45, 2.75) is 6.54 Å². The van der Waals surface area contributed by atoms with Crippen LogP contribution in [0.25, 0.3) is 0 Å². The van der Waals surface area contributed by atoms with E-state index < -0.39 is 0 Å². The average molecular weight is 165 g/mol. The summed E-state index contributed by atoms with van der Waals surface area (Å²) in [5.41, 5.74) is 1.41. The molecular weight excluding hydrogens is 157 g/mol. The number of hydrogen-bond acceptors (Lipinski definition) is 2. The Bertz CT molecular complexity index is 346. The minimum absolute atomic E-state index is 0.205. The van der Waals surface area contributed by atoms with Crippen molar-refractivity contribution < 1.29 is 9.13 Å². The molecule has 0 atom stereocenters. The lowest BCUT2D eigenvalue weighted by Gasteiger charge is -2.01. The zero-order chi connectivity index (χ0) is 8.55. The SMILES string of the molecule is COC1=NCc2c(F)cccc21. The highest BCUT2D eigenvalue weighted by atomic mass is 19.1. The van der Waals surface area contributed by atoms with E-state index in [9.17, 15) is 4.39 Å². The van der Waals surface area contributed by atoms with E-state index in [0.29, 0.717) is 18.0 Å². The Kier molecular flexibility index (Phi) is 1.57. The zero-order valence-electron chi connectivity index (χ0n) is 6.67. The lowest BCUT2D eigenvalue weighted by molar-refractivity contribution is 0.405. The maximum Gasteiger partial charge on any atom is 0.216 e. The summed E-state index contributed by atoms with van der Waals surface area (Å²) >= 11 is 0. The van der Waals surface area contributed by atoms with Crippen LogP contribution in [0.1, 0.15) is 11.1 Å². The second-order valence-corrected chi connectivity index (χ2v) is 2.59. The molecule has 0 radical (unpaired) electrons. The van der Waals surface area contributed by atoms with Gasteiger partial charge in [0.25, 0.3) is 0 Å². The molecule has 0 saturated carbocycles. The number of hydrogen-bond donors (Lipinski definition) is 0. The first-order chi connectivity index (χ1) is 5.83. The predicted octanol–water partition coefficient (Wildman–Crippen LogP) is 1.73. The van der Waals surface area contributed by atoms with Gasteiger partial charge in [0.2, 0.25) is 5.90 Å². The molecule has 62 valence electrons. The third-order valence-electron chi connectivity index (χ3n) is 1.92. The molecule has 1 heterocycles. The van der Waals surface area contributed by atoms with E-state index >= 15 is 0 Å². The van der Waals surface area contributed by atoms with Crippen LogP contribution in [0.3, 0.4) is 0 Å². The summed E-state index contributed by atoms with van der Waals surface area (Å²) < 4.78 is 18.0. The molecule has 1 aliphatic rings. The van der Waals surface area contributed by atoms with Gasteiger partial charge in [0.1, 0.15) is 5.82 Å². The minimum Gasteiger partial charge on any atom is -0.481 e. The molecule has 2 nitrogen and oxygen atoms in total. The topological polar surface area (TPSA) is 21.6 Å². The quantitative estimate of drug-likeness (QED) is 0.573. The standard InChI is InChI=1S/C9H8FNO/c1-12-9-6-3-2-4-8(10)7(6)5-11-9/h2-4H,5H2,1H3. The van der Waals surface area contributed by atoms with Gasteiger partial charge in [-0.05, 0) is 12.1 Å². The fraction of sp³-hybridized carbons (Fsp3) is 0.222. The molecule has 0 N–H and O–H groups in total. The van der Waals surface area contributed by atoms with E-state index in [1.165, 1.54) is 6.07 Å². The van der Waals surface area contributed by atoms with Crippen molar-refractivity contribution in [3.63, 3.8) is 0 Å². The van der Waals surface area contributed by atoms with Crippen molar-refractivity contribution in [3.05, 3.63) is 35.1 Å². The molecule has 0 spiro atoms. The van der Waals surface area contributed by atoms with Gasteiger partial charge in [-0.1, -0.05) is 6.07 Å². The maximum absolute atomic E-state index is 13.1. The highest BCUT2D eigenvalue weighted by molar-refractivity contribution is 5.97. The Morgan fingerprint density at radius 3 is 3.08 bits per heavy atom. The Hall–Kier alpha value is -1.38. The lowest BCUT2D eigenvalue weighted by Crippen LogP contribution is -2.00. The summed E-state index contributed by atoms with van der Waals surface area (Å²) in [6, 6.07) is 4.91. The lowest BCUT2D eigenvalue weighted by atomic mass is 10.1. The van der Waals surface area contributed by atoms with E-state index in [4.69, 9.17) is 4.74 Å². The Morgan fingerprint density at radius 2 is 2.33 bits per heavy atom. The van der Waals surface area contributed by atoms with Crippen molar-refractivity contribution in [1.29, 1.82) is 0 Å². The number of ether oxygens (including phenoxy) is 1. The molecule has 0 aromatic heterocycles. The molecule has 0 unspecified atom stereocenters.